The second-order valence-corrected chi connectivity index (χ2v) is 5.58. The monoisotopic (exact) mass is 294 g/mol. The van der Waals surface area contributed by atoms with Crippen molar-refractivity contribution < 1.29 is 14.3 Å². The van der Waals surface area contributed by atoms with Gasteiger partial charge in [0.05, 0.1) is 12.7 Å². The zero-order valence-electron chi connectivity index (χ0n) is 12.5. The molecule has 22 heavy (non-hydrogen) atoms. The second kappa shape index (κ2) is 6.14. The van der Waals surface area contributed by atoms with Crippen LogP contribution >= 0.6 is 0 Å². The van der Waals surface area contributed by atoms with E-state index in [0.717, 1.165) is 36.0 Å². The number of Topliss-reactive ketones (excluding diaryl/α,β-unsaturated/α-hetero) is 1. The minimum atomic E-state index is -0.362. The largest absolute Gasteiger partial charge is 0.465 e. The average Bonchev–Trinajstić information content (AvgIpc) is 2.73. The number of carbonyl (C=O) groups excluding carboxylic acids is 2. The van der Waals surface area contributed by atoms with Crippen LogP contribution in [0.25, 0.3) is 0 Å². The smallest absolute Gasteiger partial charge is 0.337 e. The van der Waals surface area contributed by atoms with Gasteiger partial charge in [0.1, 0.15) is 0 Å². The van der Waals surface area contributed by atoms with Gasteiger partial charge in [-0.05, 0) is 42.5 Å². The van der Waals surface area contributed by atoms with E-state index in [1.807, 2.05) is 30.3 Å². The van der Waals surface area contributed by atoms with Crippen molar-refractivity contribution in [3.8, 4) is 0 Å². The quantitative estimate of drug-likeness (QED) is 0.625. The molecule has 0 fully saturated rings. The maximum atomic E-state index is 12.9. The first-order chi connectivity index (χ1) is 10.7. The molecular formula is C19H18O3. The first-order valence-corrected chi connectivity index (χ1v) is 7.51. The summed E-state index contributed by atoms with van der Waals surface area (Å²) in [6.45, 7) is 0. The molecule has 0 spiro atoms. The Hall–Kier alpha value is -2.42. The van der Waals surface area contributed by atoms with E-state index in [9.17, 15) is 9.59 Å². The summed E-state index contributed by atoms with van der Waals surface area (Å²) in [5.74, 6) is -0.305. The van der Waals surface area contributed by atoms with E-state index < -0.39 is 0 Å². The van der Waals surface area contributed by atoms with Crippen LogP contribution in [0.15, 0.2) is 48.5 Å². The van der Waals surface area contributed by atoms with Crippen LogP contribution in [-0.4, -0.2) is 18.9 Å². The molecule has 112 valence electrons. The van der Waals surface area contributed by atoms with Crippen molar-refractivity contribution in [1.29, 1.82) is 0 Å². The van der Waals surface area contributed by atoms with Crippen LogP contribution in [0.2, 0.25) is 0 Å². The van der Waals surface area contributed by atoms with Gasteiger partial charge in [-0.25, -0.2) is 4.79 Å². The van der Waals surface area contributed by atoms with Gasteiger partial charge in [0, 0.05) is 11.5 Å². The second-order valence-electron chi connectivity index (χ2n) is 5.58. The number of ketones is 1. The number of benzene rings is 2. The first kappa shape index (κ1) is 14.5. The van der Waals surface area contributed by atoms with Crippen LogP contribution in [0, 0.1) is 0 Å². The highest BCUT2D eigenvalue weighted by molar-refractivity contribution is 6.03. The Morgan fingerprint density at radius 3 is 2.64 bits per heavy atom. The van der Waals surface area contributed by atoms with Gasteiger partial charge in [0.15, 0.2) is 5.78 Å². The number of hydrogen-bond acceptors (Lipinski definition) is 3. The number of fused-ring (bicyclic) bond motifs is 1. The summed E-state index contributed by atoms with van der Waals surface area (Å²) in [5, 5.41) is 0. The minimum absolute atomic E-state index is 0.0913. The zero-order chi connectivity index (χ0) is 15.5. The third-order valence-electron chi connectivity index (χ3n) is 4.25. The van der Waals surface area contributed by atoms with Crippen molar-refractivity contribution in [2.24, 2.45) is 0 Å². The van der Waals surface area contributed by atoms with Crippen molar-refractivity contribution in [3.63, 3.8) is 0 Å². The lowest BCUT2D eigenvalue weighted by Gasteiger charge is -2.14. The standard InChI is InChI=1S/C19H18O3/c1-22-19(21)15-10-11-17-14(12-15)8-5-9-16(18(17)20)13-6-3-2-4-7-13/h2-4,6-7,10-12,16H,5,8-9H2,1H3. The highest BCUT2D eigenvalue weighted by Crippen LogP contribution is 2.32. The Morgan fingerprint density at radius 2 is 1.91 bits per heavy atom. The SMILES string of the molecule is COC(=O)c1ccc2c(c1)CCCC(c1ccccc1)C2=O. The predicted octanol–water partition coefficient (Wildman–Crippen LogP) is 3.78. The number of rotatable bonds is 2. The molecule has 0 aliphatic heterocycles. The van der Waals surface area contributed by atoms with Crippen molar-refractivity contribution in [1.82, 2.24) is 0 Å². The van der Waals surface area contributed by atoms with Crippen molar-refractivity contribution >= 4 is 11.8 Å². The summed E-state index contributed by atoms with van der Waals surface area (Å²) >= 11 is 0. The molecule has 0 saturated heterocycles. The molecule has 1 aliphatic carbocycles. The normalized spacial score (nSPS) is 17.5. The van der Waals surface area contributed by atoms with Crippen molar-refractivity contribution in [2.45, 2.75) is 25.2 Å². The van der Waals surface area contributed by atoms with Gasteiger partial charge in [0.2, 0.25) is 0 Å². The molecule has 0 heterocycles. The maximum absolute atomic E-state index is 12.9. The Labute approximate surface area is 129 Å². The molecule has 0 amide bonds. The van der Waals surface area contributed by atoms with Gasteiger partial charge in [-0.15, -0.1) is 0 Å². The van der Waals surface area contributed by atoms with Crippen LogP contribution in [0.1, 0.15) is 50.6 Å². The number of ether oxygens (including phenoxy) is 1. The third-order valence-corrected chi connectivity index (χ3v) is 4.25. The van der Waals surface area contributed by atoms with Gasteiger partial charge in [-0.3, -0.25) is 4.79 Å². The molecule has 3 heteroatoms. The lowest BCUT2D eigenvalue weighted by Crippen LogP contribution is -2.13. The molecule has 0 radical (unpaired) electrons. The van der Waals surface area contributed by atoms with Gasteiger partial charge in [-0.2, -0.15) is 0 Å². The fraction of sp³-hybridized carbons (Fsp3) is 0.263. The average molecular weight is 294 g/mol. The van der Waals surface area contributed by atoms with Crippen LogP contribution in [-0.2, 0) is 11.2 Å². The van der Waals surface area contributed by atoms with E-state index in [-0.39, 0.29) is 17.7 Å². The fourth-order valence-electron chi connectivity index (χ4n) is 3.10. The summed E-state index contributed by atoms with van der Waals surface area (Å²) < 4.78 is 4.75. The highest BCUT2D eigenvalue weighted by Gasteiger charge is 2.27. The number of carbonyl (C=O) groups is 2. The number of hydrogen-bond donors (Lipinski definition) is 0. The van der Waals surface area contributed by atoms with E-state index in [0.29, 0.717) is 5.56 Å². The highest BCUT2D eigenvalue weighted by atomic mass is 16.5. The summed E-state index contributed by atoms with van der Waals surface area (Å²) in [7, 11) is 1.37. The molecule has 1 atom stereocenters. The van der Waals surface area contributed by atoms with Gasteiger partial charge < -0.3 is 4.74 Å². The molecule has 0 N–H and O–H groups in total. The van der Waals surface area contributed by atoms with Crippen molar-refractivity contribution in [2.75, 3.05) is 7.11 Å². The number of esters is 1. The molecular weight excluding hydrogens is 276 g/mol. The van der Waals surface area contributed by atoms with Crippen LogP contribution < -0.4 is 0 Å². The third kappa shape index (κ3) is 2.67. The summed E-state index contributed by atoms with van der Waals surface area (Å²) in [4.78, 5) is 24.5. The van der Waals surface area contributed by atoms with Gasteiger partial charge >= 0.3 is 5.97 Å². The van der Waals surface area contributed by atoms with Gasteiger partial charge in [-0.1, -0.05) is 36.4 Å². The van der Waals surface area contributed by atoms with Crippen LogP contribution in [0.4, 0.5) is 0 Å². The molecule has 3 rings (SSSR count). The first-order valence-electron chi connectivity index (χ1n) is 7.51. The molecule has 2 aromatic carbocycles. The molecule has 0 saturated carbocycles. The van der Waals surface area contributed by atoms with E-state index >= 15 is 0 Å². The van der Waals surface area contributed by atoms with E-state index in [2.05, 4.69) is 0 Å². The molecule has 1 unspecified atom stereocenters. The van der Waals surface area contributed by atoms with Crippen molar-refractivity contribution in [3.05, 3.63) is 70.8 Å². The van der Waals surface area contributed by atoms with Gasteiger partial charge in [0.25, 0.3) is 0 Å². The maximum Gasteiger partial charge on any atom is 0.337 e. The number of aryl methyl sites for hydroxylation is 1. The van der Waals surface area contributed by atoms with Crippen LogP contribution in [0.3, 0.4) is 0 Å². The molecule has 2 aromatic rings. The molecule has 0 bridgehead atoms. The Morgan fingerprint density at radius 1 is 1.14 bits per heavy atom. The molecule has 0 aromatic heterocycles. The summed E-state index contributed by atoms with van der Waals surface area (Å²) in [6.07, 6.45) is 2.59. The number of methoxy groups -OCH3 is 1. The van der Waals surface area contributed by atoms with Crippen LogP contribution in [0.5, 0.6) is 0 Å². The van der Waals surface area contributed by atoms with E-state index in [4.69, 9.17) is 4.74 Å². The topological polar surface area (TPSA) is 43.4 Å². The summed E-state index contributed by atoms with van der Waals surface area (Å²) in [5.41, 5.74) is 3.26. The van der Waals surface area contributed by atoms with E-state index in [1.165, 1.54) is 7.11 Å². The molecule has 1 aliphatic rings. The Balaban J connectivity index is 1.98. The molecule has 3 nitrogen and oxygen atoms in total. The lowest BCUT2D eigenvalue weighted by molar-refractivity contribution is 0.0600. The summed E-state index contributed by atoms with van der Waals surface area (Å²) in [6, 6.07) is 15.2. The lowest BCUT2D eigenvalue weighted by atomic mass is 9.88. The Bertz CT molecular complexity index is 704. The minimum Gasteiger partial charge on any atom is -0.465 e. The Kier molecular flexibility index (Phi) is 4.05. The fourth-order valence-corrected chi connectivity index (χ4v) is 3.10. The predicted molar refractivity (Wildman–Crippen MR) is 84.2 cm³/mol. The zero-order valence-corrected chi connectivity index (χ0v) is 12.5. The van der Waals surface area contributed by atoms with E-state index in [1.54, 1.807) is 18.2 Å².